The number of nitrogens with one attached hydrogen (secondary N) is 1. The van der Waals surface area contributed by atoms with E-state index in [2.05, 4.69) is 17.5 Å². The second-order valence-corrected chi connectivity index (χ2v) is 4.76. The summed E-state index contributed by atoms with van der Waals surface area (Å²) in [5.41, 5.74) is 4.18. The first-order valence-corrected chi connectivity index (χ1v) is 7.17. The van der Waals surface area contributed by atoms with Crippen molar-refractivity contribution in [2.45, 2.75) is 39.5 Å². The van der Waals surface area contributed by atoms with E-state index in [1.807, 2.05) is 25.1 Å². The lowest BCUT2D eigenvalue weighted by Gasteiger charge is -2.09. The molecule has 0 aliphatic rings. The van der Waals surface area contributed by atoms with E-state index < -0.39 is 0 Å². The van der Waals surface area contributed by atoms with Gasteiger partial charge in [-0.15, -0.1) is 0 Å². The van der Waals surface area contributed by atoms with Crippen molar-refractivity contribution in [2.75, 3.05) is 14.2 Å². The molecule has 5 nitrogen and oxygen atoms in total. The molecule has 0 saturated heterocycles. The molecule has 0 saturated carbocycles. The summed E-state index contributed by atoms with van der Waals surface area (Å²) in [5, 5.41) is 4.12. The Bertz CT molecular complexity index is 498. The number of unbranched alkanes of at least 4 members (excludes halogenated alkanes) is 2. The molecule has 0 heterocycles. The highest BCUT2D eigenvalue weighted by Gasteiger charge is 2.07. The standard InChI is InChI=1S/C16H24N2O3/c1-5-6-7-8-16(19)18-17-12(2)13-9-10-14(20-3)15(11-13)21-4/h9-11H,5-8H2,1-4H3,(H,18,19). The van der Waals surface area contributed by atoms with Gasteiger partial charge in [-0.25, -0.2) is 5.43 Å². The molecule has 0 aliphatic carbocycles. The van der Waals surface area contributed by atoms with Crippen LogP contribution in [0.2, 0.25) is 0 Å². The number of carbonyl (C=O) groups excluding carboxylic acids is 1. The molecule has 0 radical (unpaired) electrons. The Morgan fingerprint density at radius 1 is 1.19 bits per heavy atom. The summed E-state index contributed by atoms with van der Waals surface area (Å²) in [6.07, 6.45) is 3.57. The van der Waals surface area contributed by atoms with E-state index in [1.165, 1.54) is 0 Å². The Kier molecular flexibility index (Phi) is 7.29. The monoisotopic (exact) mass is 292 g/mol. The molecule has 0 bridgehead atoms. The zero-order chi connectivity index (χ0) is 15.7. The van der Waals surface area contributed by atoms with Gasteiger partial charge in [0.2, 0.25) is 5.91 Å². The normalized spacial score (nSPS) is 11.1. The van der Waals surface area contributed by atoms with Gasteiger partial charge in [-0.2, -0.15) is 5.10 Å². The van der Waals surface area contributed by atoms with E-state index in [0.717, 1.165) is 30.5 Å². The minimum absolute atomic E-state index is 0.0525. The van der Waals surface area contributed by atoms with Crippen LogP contribution >= 0.6 is 0 Å². The summed E-state index contributed by atoms with van der Waals surface area (Å²) in [4.78, 5) is 11.6. The van der Waals surface area contributed by atoms with Crippen molar-refractivity contribution in [2.24, 2.45) is 5.10 Å². The van der Waals surface area contributed by atoms with Crippen LogP contribution in [0, 0.1) is 0 Å². The van der Waals surface area contributed by atoms with Crippen molar-refractivity contribution < 1.29 is 14.3 Å². The van der Waals surface area contributed by atoms with Gasteiger partial charge < -0.3 is 9.47 Å². The topological polar surface area (TPSA) is 59.9 Å². The van der Waals surface area contributed by atoms with Crippen molar-refractivity contribution in [3.8, 4) is 11.5 Å². The summed E-state index contributed by atoms with van der Waals surface area (Å²) < 4.78 is 10.4. The van der Waals surface area contributed by atoms with Gasteiger partial charge in [0.05, 0.1) is 19.9 Å². The Hall–Kier alpha value is -2.04. The number of benzene rings is 1. The summed E-state index contributed by atoms with van der Waals surface area (Å²) >= 11 is 0. The van der Waals surface area contributed by atoms with E-state index in [-0.39, 0.29) is 5.91 Å². The molecule has 0 atom stereocenters. The molecule has 0 aliphatic heterocycles. The Labute approximate surface area is 126 Å². The van der Waals surface area contributed by atoms with Gasteiger partial charge in [0.15, 0.2) is 11.5 Å². The highest BCUT2D eigenvalue weighted by molar-refractivity contribution is 5.99. The Balaban J connectivity index is 2.67. The molecule has 5 heteroatoms. The smallest absolute Gasteiger partial charge is 0.240 e. The summed E-state index contributed by atoms with van der Waals surface area (Å²) in [6, 6.07) is 5.53. The number of hydrogen-bond donors (Lipinski definition) is 1. The number of hydrogen-bond acceptors (Lipinski definition) is 4. The first-order valence-electron chi connectivity index (χ1n) is 7.17. The molecule has 1 amide bonds. The average molecular weight is 292 g/mol. The lowest BCUT2D eigenvalue weighted by atomic mass is 10.1. The maximum Gasteiger partial charge on any atom is 0.240 e. The van der Waals surface area contributed by atoms with E-state index in [9.17, 15) is 4.79 Å². The summed E-state index contributed by atoms with van der Waals surface area (Å²) in [7, 11) is 3.18. The van der Waals surface area contributed by atoms with Crippen molar-refractivity contribution in [1.29, 1.82) is 0 Å². The van der Waals surface area contributed by atoms with Crippen LogP contribution in [0.1, 0.15) is 45.1 Å². The molecule has 116 valence electrons. The highest BCUT2D eigenvalue weighted by Crippen LogP contribution is 2.27. The number of hydrazone groups is 1. The summed E-state index contributed by atoms with van der Waals surface area (Å²) in [5.74, 6) is 1.25. The third kappa shape index (κ3) is 5.45. The van der Waals surface area contributed by atoms with Gasteiger partial charge in [-0.3, -0.25) is 4.79 Å². The fourth-order valence-electron chi connectivity index (χ4n) is 1.86. The van der Waals surface area contributed by atoms with Crippen LogP contribution < -0.4 is 14.9 Å². The third-order valence-electron chi connectivity index (χ3n) is 3.16. The minimum Gasteiger partial charge on any atom is -0.493 e. The number of methoxy groups -OCH3 is 2. The minimum atomic E-state index is -0.0525. The van der Waals surface area contributed by atoms with E-state index in [4.69, 9.17) is 9.47 Å². The molecule has 1 rings (SSSR count). The van der Waals surface area contributed by atoms with Crippen LogP contribution in [0.25, 0.3) is 0 Å². The molecular formula is C16H24N2O3. The van der Waals surface area contributed by atoms with Crippen molar-refractivity contribution in [1.82, 2.24) is 5.43 Å². The number of carbonyl (C=O) groups is 1. The fourth-order valence-corrected chi connectivity index (χ4v) is 1.86. The second kappa shape index (κ2) is 9.00. The molecule has 1 aromatic rings. The summed E-state index contributed by atoms with van der Waals surface area (Å²) in [6.45, 7) is 3.95. The molecule has 1 N–H and O–H groups in total. The zero-order valence-electron chi connectivity index (χ0n) is 13.2. The lowest BCUT2D eigenvalue weighted by molar-refractivity contribution is -0.121. The largest absolute Gasteiger partial charge is 0.493 e. The first-order chi connectivity index (χ1) is 10.1. The van der Waals surface area contributed by atoms with Gasteiger partial charge in [0, 0.05) is 12.0 Å². The predicted octanol–water partition coefficient (Wildman–Crippen LogP) is 3.12. The van der Waals surface area contributed by atoms with E-state index in [0.29, 0.717) is 17.9 Å². The van der Waals surface area contributed by atoms with E-state index >= 15 is 0 Å². The molecule has 1 aromatic carbocycles. The first kappa shape index (κ1) is 17.0. The Morgan fingerprint density at radius 2 is 1.90 bits per heavy atom. The van der Waals surface area contributed by atoms with Gasteiger partial charge in [0.1, 0.15) is 0 Å². The van der Waals surface area contributed by atoms with Crippen molar-refractivity contribution >= 4 is 11.6 Å². The lowest BCUT2D eigenvalue weighted by Crippen LogP contribution is -2.18. The molecular weight excluding hydrogens is 268 g/mol. The number of rotatable bonds is 8. The van der Waals surface area contributed by atoms with Crippen LogP contribution in [0.4, 0.5) is 0 Å². The zero-order valence-corrected chi connectivity index (χ0v) is 13.2. The third-order valence-corrected chi connectivity index (χ3v) is 3.16. The van der Waals surface area contributed by atoms with Crippen LogP contribution in [-0.4, -0.2) is 25.8 Å². The fraction of sp³-hybridized carbons (Fsp3) is 0.500. The van der Waals surface area contributed by atoms with Gasteiger partial charge >= 0.3 is 0 Å². The molecule has 0 spiro atoms. The van der Waals surface area contributed by atoms with Gasteiger partial charge in [-0.05, 0) is 31.5 Å². The van der Waals surface area contributed by atoms with Crippen LogP contribution in [0.5, 0.6) is 11.5 Å². The second-order valence-electron chi connectivity index (χ2n) is 4.76. The maximum absolute atomic E-state index is 11.6. The van der Waals surface area contributed by atoms with Gasteiger partial charge in [0.25, 0.3) is 0 Å². The molecule has 0 fully saturated rings. The molecule has 0 unspecified atom stereocenters. The number of nitrogens with zero attached hydrogens (tertiary/aromatic N) is 1. The maximum atomic E-state index is 11.6. The number of amides is 1. The number of ether oxygens (including phenoxy) is 2. The van der Waals surface area contributed by atoms with Crippen LogP contribution in [0.15, 0.2) is 23.3 Å². The van der Waals surface area contributed by atoms with Crippen molar-refractivity contribution in [3.63, 3.8) is 0 Å². The quantitative estimate of drug-likeness (QED) is 0.455. The van der Waals surface area contributed by atoms with Crippen LogP contribution in [0.3, 0.4) is 0 Å². The molecule has 21 heavy (non-hydrogen) atoms. The predicted molar refractivity (Wildman–Crippen MR) is 84.0 cm³/mol. The van der Waals surface area contributed by atoms with Crippen molar-refractivity contribution in [3.05, 3.63) is 23.8 Å². The Morgan fingerprint density at radius 3 is 2.52 bits per heavy atom. The molecule has 0 aromatic heterocycles. The average Bonchev–Trinajstić information content (AvgIpc) is 2.52. The highest BCUT2D eigenvalue weighted by atomic mass is 16.5. The SMILES string of the molecule is CCCCCC(=O)NN=C(C)c1ccc(OC)c(OC)c1. The van der Waals surface area contributed by atoms with Crippen LogP contribution in [-0.2, 0) is 4.79 Å². The van der Waals surface area contributed by atoms with E-state index in [1.54, 1.807) is 14.2 Å². The van der Waals surface area contributed by atoms with Gasteiger partial charge in [-0.1, -0.05) is 19.8 Å².